The molecule has 0 aromatic heterocycles. The second kappa shape index (κ2) is 6.38. The number of hydrogen-bond acceptors (Lipinski definition) is 2. The average molecular weight is 268 g/mol. The maximum Gasteiger partial charge on any atom is 0.0192 e. The quantitative estimate of drug-likeness (QED) is 0.917. The third-order valence-corrected chi connectivity index (χ3v) is 4.44. The molecule has 1 heterocycles. The second-order valence-corrected chi connectivity index (χ2v) is 5.86. The van der Waals surface area contributed by atoms with Crippen LogP contribution in [0.25, 0.3) is 10.8 Å². The highest BCUT2D eigenvalue weighted by Gasteiger charge is 2.17. The van der Waals surface area contributed by atoms with Crippen molar-refractivity contribution in [3.8, 4) is 0 Å². The Morgan fingerprint density at radius 1 is 1.15 bits per heavy atom. The summed E-state index contributed by atoms with van der Waals surface area (Å²) in [6, 6.07) is 16.2. The predicted molar refractivity (Wildman–Crippen MR) is 86.2 cm³/mol. The third kappa shape index (κ3) is 3.20. The van der Waals surface area contributed by atoms with Gasteiger partial charge in [0.25, 0.3) is 0 Å². The SMILES string of the molecule is CNC1CCCN(CCc2ccc3ccccc3c2)C1. The van der Waals surface area contributed by atoms with Gasteiger partial charge in [-0.25, -0.2) is 0 Å². The number of likely N-dealkylation sites (N-methyl/N-ethyl adjacent to an activating group) is 1. The molecule has 0 aliphatic carbocycles. The fourth-order valence-electron chi connectivity index (χ4n) is 3.18. The molecule has 1 aliphatic rings. The molecule has 2 aromatic carbocycles. The lowest BCUT2D eigenvalue weighted by Crippen LogP contribution is -2.44. The normalized spacial score (nSPS) is 20.4. The topological polar surface area (TPSA) is 15.3 Å². The first-order valence-corrected chi connectivity index (χ1v) is 7.72. The van der Waals surface area contributed by atoms with E-state index in [1.165, 1.54) is 48.8 Å². The maximum absolute atomic E-state index is 3.41. The third-order valence-electron chi connectivity index (χ3n) is 4.44. The van der Waals surface area contributed by atoms with Gasteiger partial charge in [0, 0.05) is 19.1 Å². The molecular weight excluding hydrogens is 244 g/mol. The van der Waals surface area contributed by atoms with Gasteiger partial charge in [0.1, 0.15) is 0 Å². The minimum Gasteiger partial charge on any atom is -0.316 e. The highest BCUT2D eigenvalue weighted by Crippen LogP contribution is 2.17. The molecule has 106 valence electrons. The van der Waals surface area contributed by atoms with Gasteiger partial charge in [-0.2, -0.15) is 0 Å². The summed E-state index contributed by atoms with van der Waals surface area (Å²) in [7, 11) is 2.08. The van der Waals surface area contributed by atoms with E-state index in [0.717, 1.165) is 6.42 Å². The molecule has 1 aliphatic heterocycles. The molecule has 1 N–H and O–H groups in total. The molecule has 0 saturated carbocycles. The highest BCUT2D eigenvalue weighted by molar-refractivity contribution is 5.82. The molecular formula is C18H24N2. The van der Waals surface area contributed by atoms with E-state index >= 15 is 0 Å². The Kier molecular flexibility index (Phi) is 4.34. The molecule has 0 bridgehead atoms. The minimum atomic E-state index is 0.681. The fraction of sp³-hybridized carbons (Fsp3) is 0.444. The van der Waals surface area contributed by atoms with E-state index in [2.05, 4.69) is 59.7 Å². The molecule has 20 heavy (non-hydrogen) atoms. The molecule has 1 saturated heterocycles. The van der Waals surface area contributed by atoms with Gasteiger partial charge in [-0.05, 0) is 49.2 Å². The number of nitrogens with one attached hydrogen (secondary N) is 1. The van der Waals surface area contributed by atoms with Crippen LogP contribution in [0.4, 0.5) is 0 Å². The molecule has 1 atom stereocenters. The second-order valence-electron chi connectivity index (χ2n) is 5.86. The minimum absolute atomic E-state index is 0.681. The summed E-state index contributed by atoms with van der Waals surface area (Å²) >= 11 is 0. The van der Waals surface area contributed by atoms with Gasteiger partial charge in [-0.3, -0.25) is 0 Å². The van der Waals surface area contributed by atoms with Crippen LogP contribution in [-0.2, 0) is 6.42 Å². The van der Waals surface area contributed by atoms with E-state index in [9.17, 15) is 0 Å². The summed E-state index contributed by atoms with van der Waals surface area (Å²) in [4.78, 5) is 2.60. The zero-order valence-corrected chi connectivity index (χ0v) is 12.3. The molecule has 0 amide bonds. The van der Waals surface area contributed by atoms with Crippen molar-refractivity contribution in [3.63, 3.8) is 0 Å². The number of benzene rings is 2. The van der Waals surface area contributed by atoms with Crippen molar-refractivity contribution in [1.82, 2.24) is 10.2 Å². The number of nitrogens with zero attached hydrogens (tertiary/aromatic N) is 1. The van der Waals surface area contributed by atoms with Crippen LogP contribution in [0.1, 0.15) is 18.4 Å². The molecule has 1 fully saturated rings. The maximum atomic E-state index is 3.41. The van der Waals surface area contributed by atoms with Crippen LogP contribution < -0.4 is 5.32 Å². The van der Waals surface area contributed by atoms with Crippen LogP contribution >= 0.6 is 0 Å². The van der Waals surface area contributed by atoms with Crippen molar-refractivity contribution in [2.75, 3.05) is 26.7 Å². The lowest BCUT2D eigenvalue weighted by Gasteiger charge is -2.32. The number of likely N-dealkylation sites (tertiary alicyclic amines) is 1. The number of piperidine rings is 1. The first kappa shape index (κ1) is 13.6. The summed E-state index contributed by atoms with van der Waals surface area (Å²) in [6.07, 6.45) is 3.80. The monoisotopic (exact) mass is 268 g/mol. The Morgan fingerprint density at radius 3 is 2.85 bits per heavy atom. The van der Waals surface area contributed by atoms with Crippen molar-refractivity contribution in [3.05, 3.63) is 48.0 Å². The van der Waals surface area contributed by atoms with Gasteiger partial charge in [0.2, 0.25) is 0 Å². The molecule has 0 spiro atoms. The lowest BCUT2D eigenvalue weighted by atomic mass is 10.0. The van der Waals surface area contributed by atoms with Gasteiger partial charge in [0.05, 0.1) is 0 Å². The molecule has 3 rings (SSSR count). The van der Waals surface area contributed by atoms with Crippen LogP contribution in [-0.4, -0.2) is 37.6 Å². The summed E-state index contributed by atoms with van der Waals surface area (Å²) in [5, 5.41) is 6.11. The van der Waals surface area contributed by atoms with Crippen LogP contribution in [0.3, 0.4) is 0 Å². The molecule has 2 aromatic rings. The van der Waals surface area contributed by atoms with Crippen LogP contribution in [0, 0.1) is 0 Å². The molecule has 2 nitrogen and oxygen atoms in total. The summed E-state index contributed by atoms with van der Waals surface area (Å²) < 4.78 is 0. The van der Waals surface area contributed by atoms with Crippen molar-refractivity contribution < 1.29 is 0 Å². The Morgan fingerprint density at radius 2 is 2.00 bits per heavy atom. The standard InChI is InChI=1S/C18H24N2/c1-19-18-7-4-11-20(14-18)12-10-15-8-9-16-5-2-3-6-17(16)13-15/h2-3,5-6,8-9,13,18-19H,4,7,10-12,14H2,1H3. The first-order chi connectivity index (χ1) is 9.85. The van der Waals surface area contributed by atoms with Gasteiger partial charge in [0.15, 0.2) is 0 Å². The van der Waals surface area contributed by atoms with E-state index in [1.54, 1.807) is 0 Å². The van der Waals surface area contributed by atoms with E-state index in [-0.39, 0.29) is 0 Å². The average Bonchev–Trinajstić information content (AvgIpc) is 2.53. The lowest BCUT2D eigenvalue weighted by molar-refractivity contribution is 0.197. The number of fused-ring (bicyclic) bond motifs is 1. The smallest absolute Gasteiger partial charge is 0.0192 e. The molecule has 1 unspecified atom stereocenters. The van der Waals surface area contributed by atoms with Crippen molar-refractivity contribution >= 4 is 10.8 Å². The van der Waals surface area contributed by atoms with Gasteiger partial charge >= 0.3 is 0 Å². The predicted octanol–water partition coefficient (Wildman–Crippen LogP) is 3.07. The largest absolute Gasteiger partial charge is 0.316 e. The van der Waals surface area contributed by atoms with Crippen molar-refractivity contribution in [1.29, 1.82) is 0 Å². The van der Waals surface area contributed by atoms with Crippen LogP contribution in [0.2, 0.25) is 0 Å². The molecule has 0 radical (unpaired) electrons. The highest BCUT2D eigenvalue weighted by atomic mass is 15.2. The Bertz CT molecular complexity index is 564. The van der Waals surface area contributed by atoms with E-state index in [4.69, 9.17) is 0 Å². The number of hydrogen-bond donors (Lipinski definition) is 1. The summed E-state index contributed by atoms with van der Waals surface area (Å²) in [6.45, 7) is 3.63. The van der Waals surface area contributed by atoms with Crippen molar-refractivity contribution in [2.45, 2.75) is 25.3 Å². The molecule has 2 heteroatoms. The van der Waals surface area contributed by atoms with Gasteiger partial charge in [-0.1, -0.05) is 42.5 Å². The van der Waals surface area contributed by atoms with Gasteiger partial charge < -0.3 is 10.2 Å². The summed E-state index contributed by atoms with van der Waals surface area (Å²) in [5.41, 5.74) is 1.45. The Hall–Kier alpha value is -1.38. The Balaban J connectivity index is 1.61. The Labute approximate surface area is 121 Å². The fourth-order valence-corrected chi connectivity index (χ4v) is 3.18. The summed E-state index contributed by atoms with van der Waals surface area (Å²) in [5.74, 6) is 0. The zero-order chi connectivity index (χ0) is 13.8. The number of rotatable bonds is 4. The van der Waals surface area contributed by atoms with Crippen LogP contribution in [0.15, 0.2) is 42.5 Å². The van der Waals surface area contributed by atoms with Crippen LogP contribution in [0.5, 0.6) is 0 Å². The van der Waals surface area contributed by atoms with E-state index in [0.29, 0.717) is 6.04 Å². The zero-order valence-electron chi connectivity index (χ0n) is 12.3. The van der Waals surface area contributed by atoms with Gasteiger partial charge in [-0.15, -0.1) is 0 Å². The van der Waals surface area contributed by atoms with E-state index < -0.39 is 0 Å². The first-order valence-electron chi connectivity index (χ1n) is 7.72. The van der Waals surface area contributed by atoms with E-state index in [1.807, 2.05) is 0 Å². The van der Waals surface area contributed by atoms with Crippen molar-refractivity contribution in [2.24, 2.45) is 0 Å².